The van der Waals surface area contributed by atoms with Gasteiger partial charge < -0.3 is 15.0 Å². The molecule has 0 aromatic carbocycles. The quantitative estimate of drug-likeness (QED) is 0.890. The predicted molar refractivity (Wildman–Crippen MR) is 84.5 cm³/mol. The highest BCUT2D eigenvalue weighted by atomic mass is 16.5. The molecule has 1 aliphatic heterocycles. The molecule has 0 unspecified atom stereocenters. The van der Waals surface area contributed by atoms with Crippen molar-refractivity contribution in [1.29, 1.82) is 0 Å². The number of ether oxygens (including phenoxy) is 1. The molecule has 122 valence electrons. The highest BCUT2D eigenvalue weighted by Crippen LogP contribution is 2.17. The van der Waals surface area contributed by atoms with Gasteiger partial charge in [-0.15, -0.1) is 0 Å². The van der Waals surface area contributed by atoms with E-state index in [1.54, 1.807) is 43.5 Å². The first-order valence-corrected chi connectivity index (χ1v) is 7.57. The van der Waals surface area contributed by atoms with Gasteiger partial charge in [-0.1, -0.05) is 0 Å². The summed E-state index contributed by atoms with van der Waals surface area (Å²) in [6, 6.07) is 1.88. The minimum absolute atomic E-state index is 0.0795. The van der Waals surface area contributed by atoms with Crippen molar-refractivity contribution in [2.24, 2.45) is 7.05 Å². The minimum atomic E-state index is -0.0795. The number of amides is 1. The van der Waals surface area contributed by atoms with Crippen LogP contribution in [-0.2, 0) is 7.05 Å². The molecule has 1 saturated heterocycles. The smallest absolute Gasteiger partial charge is 0.269 e. The molecule has 8 heteroatoms. The topological polar surface area (TPSA) is 85.2 Å². The molecule has 3 rings (SSSR count). The van der Waals surface area contributed by atoms with Gasteiger partial charge in [-0.25, -0.2) is 9.97 Å². The van der Waals surface area contributed by atoms with E-state index in [2.05, 4.69) is 25.3 Å². The molecule has 2 aromatic rings. The number of methoxy groups -OCH3 is 1. The predicted octanol–water partition coefficient (Wildman–Crippen LogP) is 0.617. The Kier molecular flexibility index (Phi) is 4.40. The second kappa shape index (κ2) is 6.64. The normalized spacial score (nSPS) is 15.5. The summed E-state index contributed by atoms with van der Waals surface area (Å²) in [5.74, 6) is 1.26. The molecule has 1 aliphatic rings. The zero-order chi connectivity index (χ0) is 16.2. The summed E-state index contributed by atoms with van der Waals surface area (Å²) < 4.78 is 6.64. The Hall–Kier alpha value is -2.64. The Balaban J connectivity index is 1.54. The van der Waals surface area contributed by atoms with Gasteiger partial charge in [-0.2, -0.15) is 5.10 Å². The van der Waals surface area contributed by atoms with Crippen LogP contribution in [0.2, 0.25) is 0 Å². The first-order chi connectivity index (χ1) is 11.2. The lowest BCUT2D eigenvalue weighted by Gasteiger charge is -2.32. The van der Waals surface area contributed by atoms with E-state index < -0.39 is 0 Å². The number of nitrogens with one attached hydrogen (secondary N) is 1. The fourth-order valence-corrected chi connectivity index (χ4v) is 2.66. The fourth-order valence-electron chi connectivity index (χ4n) is 2.66. The summed E-state index contributed by atoms with van der Waals surface area (Å²) in [5.41, 5.74) is 0.575. The van der Waals surface area contributed by atoms with Crippen molar-refractivity contribution in [1.82, 2.24) is 25.1 Å². The molecular formula is C15H20N6O2. The zero-order valence-corrected chi connectivity index (χ0v) is 13.3. The molecule has 1 amide bonds. The van der Waals surface area contributed by atoms with Crippen LogP contribution in [0.1, 0.15) is 23.3 Å². The largest absolute Gasteiger partial charge is 0.494 e. The van der Waals surface area contributed by atoms with Gasteiger partial charge in [0.15, 0.2) is 5.75 Å². The average molecular weight is 316 g/mol. The van der Waals surface area contributed by atoms with Crippen LogP contribution in [0, 0.1) is 0 Å². The standard InChI is InChI=1S/C15H20N6O2/c1-20-13(3-6-18-20)14(22)19-11-4-7-21(8-5-11)15-16-9-12(23-2)10-17-15/h3,6,9-11H,4-5,7-8H2,1-2H3,(H,19,22). The molecule has 3 heterocycles. The van der Waals surface area contributed by atoms with Gasteiger partial charge in [0, 0.05) is 32.4 Å². The van der Waals surface area contributed by atoms with E-state index in [-0.39, 0.29) is 11.9 Å². The summed E-state index contributed by atoms with van der Waals surface area (Å²) in [6.45, 7) is 1.62. The first-order valence-electron chi connectivity index (χ1n) is 7.57. The second-order valence-electron chi connectivity index (χ2n) is 5.50. The van der Waals surface area contributed by atoms with Crippen molar-refractivity contribution < 1.29 is 9.53 Å². The van der Waals surface area contributed by atoms with Gasteiger partial charge in [0.05, 0.1) is 19.5 Å². The zero-order valence-electron chi connectivity index (χ0n) is 13.3. The molecule has 23 heavy (non-hydrogen) atoms. The van der Waals surface area contributed by atoms with E-state index in [0.29, 0.717) is 17.4 Å². The first kappa shape index (κ1) is 15.3. The van der Waals surface area contributed by atoms with E-state index in [9.17, 15) is 4.79 Å². The number of anilines is 1. The third-order valence-corrected chi connectivity index (χ3v) is 4.02. The van der Waals surface area contributed by atoms with Crippen molar-refractivity contribution in [3.63, 3.8) is 0 Å². The lowest BCUT2D eigenvalue weighted by atomic mass is 10.1. The molecule has 1 fully saturated rings. The SMILES string of the molecule is COc1cnc(N2CCC(NC(=O)c3ccnn3C)CC2)nc1. The van der Waals surface area contributed by atoms with Gasteiger partial charge in [0.2, 0.25) is 5.95 Å². The Bertz CT molecular complexity index is 661. The van der Waals surface area contributed by atoms with Crippen LogP contribution >= 0.6 is 0 Å². The molecule has 8 nitrogen and oxygen atoms in total. The van der Waals surface area contributed by atoms with Crippen molar-refractivity contribution in [3.8, 4) is 5.75 Å². The number of rotatable bonds is 4. The monoisotopic (exact) mass is 316 g/mol. The van der Waals surface area contributed by atoms with Crippen LogP contribution in [0.15, 0.2) is 24.7 Å². The van der Waals surface area contributed by atoms with Gasteiger partial charge in [-0.3, -0.25) is 9.48 Å². The molecule has 0 saturated carbocycles. The van der Waals surface area contributed by atoms with E-state index in [1.165, 1.54) is 0 Å². The van der Waals surface area contributed by atoms with Crippen molar-refractivity contribution >= 4 is 11.9 Å². The second-order valence-corrected chi connectivity index (χ2v) is 5.50. The number of carbonyl (C=O) groups excluding carboxylic acids is 1. The lowest BCUT2D eigenvalue weighted by molar-refractivity contribution is 0.0921. The maximum atomic E-state index is 12.2. The van der Waals surface area contributed by atoms with Gasteiger partial charge >= 0.3 is 0 Å². The Morgan fingerprint density at radius 1 is 1.30 bits per heavy atom. The molecule has 2 aromatic heterocycles. The summed E-state index contributed by atoms with van der Waals surface area (Å²) in [4.78, 5) is 22.9. The van der Waals surface area contributed by atoms with Crippen LogP contribution in [0.5, 0.6) is 5.75 Å². The van der Waals surface area contributed by atoms with Gasteiger partial charge in [0.1, 0.15) is 5.69 Å². The van der Waals surface area contributed by atoms with Crippen molar-refractivity contribution in [2.75, 3.05) is 25.1 Å². The van der Waals surface area contributed by atoms with Crippen LogP contribution in [0.4, 0.5) is 5.95 Å². The molecule has 0 aliphatic carbocycles. The van der Waals surface area contributed by atoms with Crippen LogP contribution in [-0.4, -0.2) is 51.9 Å². The van der Waals surface area contributed by atoms with E-state index in [4.69, 9.17) is 4.74 Å². The number of carbonyl (C=O) groups is 1. The minimum Gasteiger partial charge on any atom is -0.494 e. The van der Waals surface area contributed by atoms with Crippen LogP contribution < -0.4 is 15.0 Å². The summed E-state index contributed by atoms with van der Waals surface area (Å²) in [6.07, 6.45) is 6.67. The van der Waals surface area contributed by atoms with E-state index in [1.807, 2.05) is 0 Å². The summed E-state index contributed by atoms with van der Waals surface area (Å²) in [5, 5.41) is 7.08. The number of aromatic nitrogens is 4. The van der Waals surface area contributed by atoms with Crippen LogP contribution in [0.3, 0.4) is 0 Å². The van der Waals surface area contributed by atoms with Crippen molar-refractivity contribution in [3.05, 3.63) is 30.4 Å². The maximum Gasteiger partial charge on any atom is 0.269 e. The molecule has 0 spiro atoms. The molecular weight excluding hydrogens is 296 g/mol. The Morgan fingerprint density at radius 2 is 2.00 bits per heavy atom. The number of piperidine rings is 1. The van der Waals surface area contributed by atoms with E-state index >= 15 is 0 Å². The molecule has 1 N–H and O–H groups in total. The lowest BCUT2D eigenvalue weighted by Crippen LogP contribution is -2.45. The summed E-state index contributed by atoms with van der Waals surface area (Å²) in [7, 11) is 3.35. The number of hydrogen-bond acceptors (Lipinski definition) is 6. The number of aryl methyl sites for hydroxylation is 1. The van der Waals surface area contributed by atoms with Gasteiger partial charge in [-0.05, 0) is 18.9 Å². The molecule has 0 atom stereocenters. The number of nitrogens with zero attached hydrogens (tertiary/aromatic N) is 5. The molecule has 0 bridgehead atoms. The Morgan fingerprint density at radius 3 is 2.57 bits per heavy atom. The third kappa shape index (κ3) is 3.41. The van der Waals surface area contributed by atoms with Crippen LogP contribution in [0.25, 0.3) is 0 Å². The van der Waals surface area contributed by atoms with E-state index in [0.717, 1.165) is 25.9 Å². The fraction of sp³-hybridized carbons (Fsp3) is 0.467. The molecule has 0 radical (unpaired) electrons. The maximum absolute atomic E-state index is 12.2. The number of hydrogen-bond donors (Lipinski definition) is 1. The van der Waals surface area contributed by atoms with Crippen molar-refractivity contribution in [2.45, 2.75) is 18.9 Å². The third-order valence-electron chi connectivity index (χ3n) is 4.02. The average Bonchev–Trinajstić information content (AvgIpc) is 3.02. The Labute approximate surface area is 134 Å². The van der Waals surface area contributed by atoms with Gasteiger partial charge in [0.25, 0.3) is 5.91 Å². The highest BCUT2D eigenvalue weighted by Gasteiger charge is 2.23. The highest BCUT2D eigenvalue weighted by molar-refractivity contribution is 5.92. The summed E-state index contributed by atoms with van der Waals surface area (Å²) >= 11 is 0.